The van der Waals surface area contributed by atoms with E-state index in [1.165, 1.54) is 0 Å². The van der Waals surface area contributed by atoms with Crippen molar-refractivity contribution in [3.63, 3.8) is 0 Å². The first kappa shape index (κ1) is 17.5. The Hall–Kier alpha value is -2.90. The highest BCUT2D eigenvalue weighted by Gasteiger charge is 2.05. The number of ether oxygens (including phenoxy) is 2. The van der Waals surface area contributed by atoms with Gasteiger partial charge < -0.3 is 9.47 Å². The SMILES string of the molecule is CCCCOc1ccc(/C=N/Nc2nnc(C)c(=O)[nH]2)cc1OC. The van der Waals surface area contributed by atoms with Crippen molar-refractivity contribution in [2.24, 2.45) is 5.10 Å². The monoisotopic (exact) mass is 331 g/mol. The third-order valence-electron chi connectivity index (χ3n) is 3.19. The Labute approximate surface area is 139 Å². The highest BCUT2D eigenvalue weighted by Crippen LogP contribution is 2.27. The van der Waals surface area contributed by atoms with Crippen LogP contribution in [0.15, 0.2) is 28.1 Å². The van der Waals surface area contributed by atoms with Gasteiger partial charge in [0, 0.05) is 0 Å². The van der Waals surface area contributed by atoms with Crippen LogP contribution in [0, 0.1) is 6.92 Å². The van der Waals surface area contributed by atoms with Gasteiger partial charge in [-0.05, 0) is 37.1 Å². The van der Waals surface area contributed by atoms with Crippen LogP contribution in [0.2, 0.25) is 0 Å². The molecular weight excluding hydrogens is 310 g/mol. The topological polar surface area (TPSA) is 101 Å². The van der Waals surface area contributed by atoms with Crippen molar-refractivity contribution < 1.29 is 9.47 Å². The number of hydrazone groups is 1. The molecule has 0 aliphatic rings. The van der Waals surface area contributed by atoms with Crippen molar-refractivity contribution in [1.29, 1.82) is 0 Å². The highest BCUT2D eigenvalue weighted by molar-refractivity contribution is 5.81. The summed E-state index contributed by atoms with van der Waals surface area (Å²) < 4.78 is 11.0. The van der Waals surface area contributed by atoms with E-state index in [2.05, 4.69) is 32.6 Å². The van der Waals surface area contributed by atoms with Crippen LogP contribution >= 0.6 is 0 Å². The fourth-order valence-corrected chi connectivity index (χ4v) is 1.82. The number of benzene rings is 1. The molecule has 2 rings (SSSR count). The molecule has 0 atom stereocenters. The molecule has 0 unspecified atom stereocenters. The van der Waals surface area contributed by atoms with Gasteiger partial charge in [-0.1, -0.05) is 13.3 Å². The third kappa shape index (κ3) is 4.80. The number of anilines is 1. The third-order valence-corrected chi connectivity index (χ3v) is 3.19. The maximum absolute atomic E-state index is 11.4. The summed E-state index contributed by atoms with van der Waals surface area (Å²) in [5.41, 5.74) is 3.42. The van der Waals surface area contributed by atoms with Gasteiger partial charge >= 0.3 is 0 Å². The predicted molar refractivity (Wildman–Crippen MR) is 92.0 cm³/mol. The summed E-state index contributed by atoms with van der Waals surface area (Å²) in [6.45, 7) is 4.34. The van der Waals surface area contributed by atoms with Crippen molar-refractivity contribution in [1.82, 2.24) is 15.2 Å². The Morgan fingerprint density at radius 2 is 2.17 bits per heavy atom. The number of hydrogen-bond donors (Lipinski definition) is 2. The fraction of sp³-hybridized carbons (Fsp3) is 0.375. The van der Waals surface area contributed by atoms with E-state index in [0.29, 0.717) is 23.8 Å². The first-order chi connectivity index (χ1) is 11.6. The van der Waals surface area contributed by atoms with Crippen molar-refractivity contribution in [3.05, 3.63) is 39.8 Å². The average Bonchev–Trinajstić information content (AvgIpc) is 2.59. The van der Waals surface area contributed by atoms with Gasteiger partial charge in [-0.3, -0.25) is 9.78 Å². The Morgan fingerprint density at radius 1 is 1.33 bits per heavy atom. The van der Waals surface area contributed by atoms with Crippen molar-refractivity contribution in [2.45, 2.75) is 26.7 Å². The fourth-order valence-electron chi connectivity index (χ4n) is 1.82. The van der Waals surface area contributed by atoms with Crippen molar-refractivity contribution >= 4 is 12.2 Å². The molecule has 128 valence electrons. The first-order valence-corrected chi connectivity index (χ1v) is 7.67. The lowest BCUT2D eigenvalue weighted by atomic mass is 10.2. The lowest BCUT2D eigenvalue weighted by Gasteiger charge is -2.10. The quantitative estimate of drug-likeness (QED) is 0.436. The van der Waals surface area contributed by atoms with Gasteiger partial charge in [0.1, 0.15) is 5.69 Å². The standard InChI is InChI=1S/C16H21N5O3/c1-4-5-8-24-13-7-6-12(9-14(13)23-3)10-17-20-16-18-15(22)11(2)19-21-16/h6-7,9-10H,4-5,8H2,1-3H3,(H2,18,20,21,22)/b17-10+. The van der Waals surface area contributed by atoms with Crippen LogP contribution in [-0.2, 0) is 0 Å². The summed E-state index contributed by atoms with van der Waals surface area (Å²) in [5.74, 6) is 1.51. The first-order valence-electron chi connectivity index (χ1n) is 7.67. The zero-order valence-electron chi connectivity index (χ0n) is 14.0. The number of aromatic amines is 1. The number of methoxy groups -OCH3 is 1. The largest absolute Gasteiger partial charge is 0.493 e. The van der Waals surface area contributed by atoms with E-state index < -0.39 is 0 Å². The summed E-state index contributed by atoms with van der Waals surface area (Å²) in [5, 5.41) is 11.5. The van der Waals surface area contributed by atoms with E-state index in [-0.39, 0.29) is 11.5 Å². The molecule has 0 radical (unpaired) electrons. The number of unbranched alkanes of at least 4 members (excludes halogenated alkanes) is 1. The zero-order valence-corrected chi connectivity index (χ0v) is 14.0. The minimum absolute atomic E-state index is 0.174. The smallest absolute Gasteiger partial charge is 0.274 e. The second-order valence-electron chi connectivity index (χ2n) is 5.07. The van der Waals surface area contributed by atoms with Crippen molar-refractivity contribution in [2.75, 3.05) is 19.1 Å². The number of aryl methyl sites for hydroxylation is 1. The van der Waals surface area contributed by atoms with E-state index in [1.54, 1.807) is 20.2 Å². The van der Waals surface area contributed by atoms with Gasteiger partial charge in [0.05, 0.1) is 19.9 Å². The number of rotatable bonds is 8. The van der Waals surface area contributed by atoms with E-state index >= 15 is 0 Å². The van der Waals surface area contributed by atoms with Gasteiger partial charge in [0.15, 0.2) is 11.5 Å². The van der Waals surface area contributed by atoms with Crippen LogP contribution in [0.1, 0.15) is 31.0 Å². The van der Waals surface area contributed by atoms with E-state index in [9.17, 15) is 4.79 Å². The summed E-state index contributed by atoms with van der Waals surface area (Å²) in [4.78, 5) is 13.9. The number of hydrogen-bond acceptors (Lipinski definition) is 7. The Bertz CT molecular complexity index is 758. The Morgan fingerprint density at radius 3 is 2.88 bits per heavy atom. The molecule has 24 heavy (non-hydrogen) atoms. The maximum atomic E-state index is 11.4. The molecule has 0 bridgehead atoms. The molecule has 0 aliphatic carbocycles. The minimum atomic E-state index is -0.307. The van der Waals surface area contributed by atoms with E-state index in [1.807, 2.05) is 18.2 Å². The number of aromatic nitrogens is 3. The second-order valence-corrected chi connectivity index (χ2v) is 5.07. The molecule has 1 aromatic carbocycles. The molecule has 0 amide bonds. The molecule has 0 saturated heterocycles. The molecular formula is C16H21N5O3. The maximum Gasteiger partial charge on any atom is 0.274 e. The number of H-pyrrole nitrogens is 1. The van der Waals surface area contributed by atoms with Gasteiger partial charge in [-0.25, -0.2) is 5.43 Å². The summed E-state index contributed by atoms with van der Waals surface area (Å²) in [7, 11) is 1.59. The summed E-state index contributed by atoms with van der Waals surface area (Å²) in [6.07, 6.45) is 3.65. The summed E-state index contributed by atoms with van der Waals surface area (Å²) >= 11 is 0. The lowest BCUT2D eigenvalue weighted by Crippen LogP contribution is -2.15. The molecule has 1 heterocycles. The molecule has 1 aromatic heterocycles. The molecule has 0 fully saturated rings. The minimum Gasteiger partial charge on any atom is -0.493 e. The van der Waals surface area contributed by atoms with Gasteiger partial charge in [0.2, 0.25) is 5.95 Å². The van der Waals surface area contributed by atoms with Gasteiger partial charge in [-0.15, -0.1) is 10.2 Å². The molecule has 0 saturated carbocycles. The van der Waals surface area contributed by atoms with Crippen LogP contribution in [-0.4, -0.2) is 35.1 Å². The normalized spacial score (nSPS) is 10.8. The van der Waals surface area contributed by atoms with Crippen LogP contribution in [0.3, 0.4) is 0 Å². The number of nitrogens with one attached hydrogen (secondary N) is 2. The predicted octanol–water partition coefficient (Wildman–Crippen LogP) is 2.11. The highest BCUT2D eigenvalue weighted by atomic mass is 16.5. The van der Waals surface area contributed by atoms with Crippen molar-refractivity contribution in [3.8, 4) is 11.5 Å². The molecule has 2 N–H and O–H groups in total. The van der Waals surface area contributed by atoms with Crippen LogP contribution < -0.4 is 20.5 Å². The molecule has 8 nitrogen and oxygen atoms in total. The summed E-state index contributed by atoms with van der Waals surface area (Å²) in [6, 6.07) is 5.51. The van der Waals surface area contributed by atoms with Gasteiger partial charge in [0.25, 0.3) is 5.56 Å². The van der Waals surface area contributed by atoms with Crippen LogP contribution in [0.4, 0.5) is 5.95 Å². The van der Waals surface area contributed by atoms with Crippen LogP contribution in [0.5, 0.6) is 11.5 Å². The molecule has 8 heteroatoms. The molecule has 0 spiro atoms. The Balaban J connectivity index is 2.03. The molecule has 2 aromatic rings. The molecule has 0 aliphatic heterocycles. The van der Waals surface area contributed by atoms with E-state index in [4.69, 9.17) is 9.47 Å². The average molecular weight is 331 g/mol. The van der Waals surface area contributed by atoms with Crippen LogP contribution in [0.25, 0.3) is 0 Å². The Kier molecular flexibility index (Phi) is 6.30. The van der Waals surface area contributed by atoms with E-state index in [0.717, 1.165) is 18.4 Å². The zero-order chi connectivity index (χ0) is 17.4. The second kappa shape index (κ2) is 8.66. The number of nitrogens with zero attached hydrogens (tertiary/aromatic N) is 3. The lowest BCUT2D eigenvalue weighted by molar-refractivity contribution is 0.288. The van der Waals surface area contributed by atoms with Gasteiger partial charge in [-0.2, -0.15) is 5.10 Å².